The van der Waals surface area contributed by atoms with Crippen molar-refractivity contribution in [1.82, 2.24) is 15.2 Å². The summed E-state index contributed by atoms with van der Waals surface area (Å²) in [5.41, 5.74) is -0.483. The molecule has 152 valence electrons. The van der Waals surface area contributed by atoms with Crippen LogP contribution in [-0.4, -0.2) is 42.0 Å². The molecule has 1 amide bonds. The first kappa shape index (κ1) is 19.3. The Morgan fingerprint density at radius 2 is 2.14 bits per heavy atom. The number of nitrogens with one attached hydrogen (secondary N) is 2. The summed E-state index contributed by atoms with van der Waals surface area (Å²) in [6, 6.07) is 5.23. The van der Waals surface area contributed by atoms with E-state index in [1.165, 1.54) is 42.4 Å². The molecule has 1 aromatic heterocycles. The van der Waals surface area contributed by atoms with Crippen molar-refractivity contribution < 1.29 is 23.0 Å². The Morgan fingerprint density at radius 3 is 2.90 bits per heavy atom. The highest BCUT2D eigenvalue weighted by Crippen LogP contribution is 2.42. The molecule has 2 atom stereocenters. The average molecular weight is 402 g/mol. The fourth-order valence-corrected chi connectivity index (χ4v) is 3.83. The number of amides is 1. The molecule has 0 radical (unpaired) electrons. The number of halogens is 2. The van der Waals surface area contributed by atoms with Crippen LogP contribution < -0.4 is 10.1 Å². The van der Waals surface area contributed by atoms with Crippen molar-refractivity contribution in [1.29, 1.82) is 5.41 Å². The number of fused-ring (bicyclic) bond motifs is 1. The van der Waals surface area contributed by atoms with Gasteiger partial charge in [0.1, 0.15) is 17.1 Å². The summed E-state index contributed by atoms with van der Waals surface area (Å²) in [5, 5.41) is 11.1. The molecule has 2 aromatic rings. The summed E-state index contributed by atoms with van der Waals surface area (Å²) in [4.78, 5) is 17.9. The summed E-state index contributed by atoms with van der Waals surface area (Å²) in [7, 11) is 1.50. The molecule has 2 fully saturated rings. The predicted octanol–water partition coefficient (Wildman–Crippen LogP) is 2.69. The fourth-order valence-electron chi connectivity index (χ4n) is 3.83. The third-order valence-electron chi connectivity index (χ3n) is 5.36. The summed E-state index contributed by atoms with van der Waals surface area (Å²) in [6.07, 6.45) is 1.84. The molecule has 2 saturated heterocycles. The largest absolute Gasteiger partial charge is 0.436 e. The second kappa shape index (κ2) is 7.07. The SMILES string of the molecule is Cc1cnc(Oc2ccc(F)c([C@]34COCC[C@H]3C(=O)N(C)C(=N)N4)c2)c(F)c1. The number of ether oxygens (including phenoxy) is 2. The zero-order chi connectivity index (χ0) is 20.8. The molecular weight excluding hydrogens is 382 g/mol. The van der Waals surface area contributed by atoms with Crippen LogP contribution in [0.3, 0.4) is 0 Å². The van der Waals surface area contributed by atoms with Crippen LogP contribution in [0.5, 0.6) is 11.6 Å². The van der Waals surface area contributed by atoms with Gasteiger partial charge < -0.3 is 14.8 Å². The van der Waals surface area contributed by atoms with E-state index < -0.39 is 23.1 Å². The topological polar surface area (TPSA) is 87.5 Å². The maximum atomic E-state index is 14.9. The van der Waals surface area contributed by atoms with Gasteiger partial charge >= 0.3 is 0 Å². The summed E-state index contributed by atoms with van der Waals surface area (Å²) < 4.78 is 40.1. The Balaban J connectivity index is 1.76. The van der Waals surface area contributed by atoms with E-state index in [9.17, 15) is 13.6 Å². The monoisotopic (exact) mass is 402 g/mol. The maximum Gasteiger partial charge on any atom is 0.255 e. The zero-order valence-electron chi connectivity index (χ0n) is 16.0. The molecule has 0 saturated carbocycles. The highest BCUT2D eigenvalue weighted by atomic mass is 19.1. The predicted molar refractivity (Wildman–Crippen MR) is 99.6 cm³/mol. The average Bonchev–Trinajstić information content (AvgIpc) is 2.69. The Morgan fingerprint density at radius 1 is 1.34 bits per heavy atom. The van der Waals surface area contributed by atoms with Crippen LogP contribution in [0.4, 0.5) is 8.78 Å². The molecule has 0 unspecified atom stereocenters. The number of rotatable bonds is 3. The van der Waals surface area contributed by atoms with E-state index in [1.807, 2.05) is 0 Å². The van der Waals surface area contributed by atoms with Gasteiger partial charge in [-0.25, -0.2) is 13.8 Å². The third kappa shape index (κ3) is 3.21. The highest BCUT2D eigenvalue weighted by Gasteiger charge is 2.53. The van der Waals surface area contributed by atoms with Gasteiger partial charge in [0.25, 0.3) is 5.88 Å². The third-order valence-corrected chi connectivity index (χ3v) is 5.36. The number of carbonyl (C=O) groups excluding carboxylic acids is 1. The van der Waals surface area contributed by atoms with Crippen LogP contribution in [-0.2, 0) is 15.1 Å². The minimum Gasteiger partial charge on any atom is -0.436 e. The van der Waals surface area contributed by atoms with Crippen molar-refractivity contribution in [3.63, 3.8) is 0 Å². The molecule has 3 heterocycles. The highest BCUT2D eigenvalue weighted by molar-refractivity contribution is 6.00. The molecule has 2 N–H and O–H groups in total. The maximum absolute atomic E-state index is 14.9. The van der Waals surface area contributed by atoms with E-state index in [1.54, 1.807) is 6.92 Å². The number of hydrogen-bond acceptors (Lipinski definition) is 5. The number of nitrogens with zero attached hydrogens (tertiary/aromatic N) is 2. The van der Waals surface area contributed by atoms with Crippen LogP contribution in [0.15, 0.2) is 30.5 Å². The molecule has 0 bridgehead atoms. The van der Waals surface area contributed by atoms with Gasteiger partial charge in [0, 0.05) is 25.4 Å². The molecule has 2 aliphatic rings. The first-order valence-electron chi connectivity index (χ1n) is 9.14. The lowest BCUT2D eigenvalue weighted by atomic mass is 9.73. The quantitative estimate of drug-likeness (QED) is 0.824. The Bertz CT molecular complexity index is 1000. The number of aryl methyl sites for hydroxylation is 1. The number of benzene rings is 1. The second-order valence-corrected chi connectivity index (χ2v) is 7.28. The normalized spacial score (nSPS) is 24.1. The number of aromatic nitrogens is 1. The van der Waals surface area contributed by atoms with Gasteiger partial charge in [-0.2, -0.15) is 0 Å². The molecule has 29 heavy (non-hydrogen) atoms. The zero-order valence-corrected chi connectivity index (χ0v) is 16.0. The fraction of sp³-hybridized carbons (Fsp3) is 0.350. The Hall–Kier alpha value is -3.07. The van der Waals surface area contributed by atoms with Crippen LogP contribution in [0.25, 0.3) is 0 Å². The first-order valence-corrected chi connectivity index (χ1v) is 9.14. The molecular formula is C20H20F2N4O3. The number of hydrogen-bond donors (Lipinski definition) is 2. The van der Waals surface area contributed by atoms with Gasteiger partial charge in [-0.15, -0.1) is 0 Å². The molecule has 1 aromatic carbocycles. The standard InChI is InChI=1S/C20H20F2N4O3/c1-11-7-16(22)17(24-9-11)29-12-3-4-15(21)14(8-12)20-10-28-6-5-13(20)18(27)26(2)19(23)25-20/h3-4,7-9,13H,5-6,10H2,1-2H3,(H2,23,25)/t13-,20-/m0/s1. The van der Waals surface area contributed by atoms with E-state index in [2.05, 4.69) is 10.3 Å². The van der Waals surface area contributed by atoms with E-state index in [4.69, 9.17) is 14.9 Å². The lowest BCUT2D eigenvalue weighted by Gasteiger charge is -2.49. The molecule has 4 rings (SSSR count). The second-order valence-electron chi connectivity index (χ2n) is 7.28. The number of guanidine groups is 1. The Kier molecular flexibility index (Phi) is 4.70. The molecule has 9 heteroatoms. The van der Waals surface area contributed by atoms with Gasteiger partial charge in [-0.3, -0.25) is 15.1 Å². The van der Waals surface area contributed by atoms with Gasteiger partial charge in [0.15, 0.2) is 11.8 Å². The molecule has 0 spiro atoms. The molecule has 7 nitrogen and oxygen atoms in total. The van der Waals surface area contributed by atoms with Gasteiger partial charge in [0.2, 0.25) is 5.91 Å². The van der Waals surface area contributed by atoms with Crippen molar-refractivity contribution in [3.05, 3.63) is 53.2 Å². The van der Waals surface area contributed by atoms with Crippen molar-refractivity contribution in [3.8, 4) is 11.6 Å². The van der Waals surface area contributed by atoms with Crippen molar-refractivity contribution >= 4 is 11.9 Å². The summed E-state index contributed by atoms with van der Waals surface area (Å²) in [6.45, 7) is 2.07. The van der Waals surface area contributed by atoms with Crippen LogP contribution >= 0.6 is 0 Å². The first-order chi connectivity index (χ1) is 13.8. The van der Waals surface area contributed by atoms with E-state index >= 15 is 0 Å². The number of carbonyl (C=O) groups is 1. The lowest BCUT2D eigenvalue weighted by molar-refractivity contribution is -0.143. The van der Waals surface area contributed by atoms with E-state index in [-0.39, 0.29) is 35.7 Å². The number of pyridine rings is 1. The molecule has 2 aliphatic heterocycles. The van der Waals surface area contributed by atoms with Gasteiger partial charge in [0.05, 0.1) is 12.5 Å². The van der Waals surface area contributed by atoms with Crippen molar-refractivity contribution in [2.75, 3.05) is 20.3 Å². The minimum atomic E-state index is -1.25. The van der Waals surface area contributed by atoms with Crippen LogP contribution in [0.1, 0.15) is 17.5 Å². The van der Waals surface area contributed by atoms with E-state index in [0.29, 0.717) is 18.6 Å². The van der Waals surface area contributed by atoms with Crippen LogP contribution in [0.2, 0.25) is 0 Å². The van der Waals surface area contributed by atoms with Gasteiger partial charge in [-0.05, 0) is 43.2 Å². The lowest BCUT2D eigenvalue weighted by Crippen LogP contribution is -2.68. The summed E-state index contributed by atoms with van der Waals surface area (Å²) in [5.74, 6) is -2.33. The van der Waals surface area contributed by atoms with Crippen LogP contribution in [0, 0.1) is 29.9 Å². The van der Waals surface area contributed by atoms with Gasteiger partial charge in [-0.1, -0.05) is 0 Å². The van der Waals surface area contributed by atoms with Crippen molar-refractivity contribution in [2.45, 2.75) is 18.9 Å². The van der Waals surface area contributed by atoms with E-state index in [0.717, 1.165) is 0 Å². The summed E-state index contributed by atoms with van der Waals surface area (Å²) >= 11 is 0. The smallest absolute Gasteiger partial charge is 0.255 e. The minimum absolute atomic E-state index is 0.0111. The Labute approximate surface area is 166 Å². The van der Waals surface area contributed by atoms with Crippen molar-refractivity contribution in [2.24, 2.45) is 5.92 Å². The molecule has 0 aliphatic carbocycles.